The smallest absolute Gasteiger partial charge is 0.323 e. The van der Waals surface area contributed by atoms with Gasteiger partial charge in [0.05, 0.1) is 17.1 Å². The van der Waals surface area contributed by atoms with Gasteiger partial charge >= 0.3 is 6.03 Å². The van der Waals surface area contributed by atoms with Crippen LogP contribution in [0.2, 0.25) is 0 Å². The number of carbonyl (C=O) groups is 1. The third-order valence-electron chi connectivity index (χ3n) is 4.52. The third kappa shape index (κ3) is 3.40. The first kappa shape index (κ1) is 16.8. The Morgan fingerprint density at radius 1 is 0.926 bits per heavy atom. The number of carbonyl (C=O) groups excluding carboxylic acids is 1. The fourth-order valence-corrected chi connectivity index (χ4v) is 3.27. The summed E-state index contributed by atoms with van der Waals surface area (Å²) < 4.78 is 0. The standard InChI is InChI=1S/C22H19N3O2/c23-22(26)25-20-12-6-4-10-17(20)14-19(18-11-5-7-13-21(18)25)24-27-15-16-8-2-1-3-9-16/h1-13H,14-15H2,(H2,23,26)/b24-19+. The lowest BCUT2D eigenvalue weighted by Crippen LogP contribution is -2.32. The molecule has 0 bridgehead atoms. The molecule has 0 atom stereocenters. The summed E-state index contributed by atoms with van der Waals surface area (Å²) in [6.07, 6.45) is 0.547. The van der Waals surface area contributed by atoms with E-state index in [9.17, 15) is 4.79 Å². The highest BCUT2D eigenvalue weighted by molar-refractivity contribution is 6.13. The first-order valence-corrected chi connectivity index (χ1v) is 8.73. The van der Waals surface area contributed by atoms with Crippen LogP contribution in [0.5, 0.6) is 0 Å². The second-order valence-electron chi connectivity index (χ2n) is 6.29. The van der Waals surface area contributed by atoms with Crippen molar-refractivity contribution in [1.82, 2.24) is 0 Å². The van der Waals surface area contributed by atoms with Crippen LogP contribution in [0.4, 0.5) is 16.2 Å². The van der Waals surface area contributed by atoms with Gasteiger partial charge in [0.15, 0.2) is 0 Å². The summed E-state index contributed by atoms with van der Waals surface area (Å²) in [5.74, 6) is 0. The van der Waals surface area contributed by atoms with Gasteiger partial charge in [-0.1, -0.05) is 71.9 Å². The van der Waals surface area contributed by atoms with Gasteiger partial charge in [-0.05, 0) is 23.3 Å². The van der Waals surface area contributed by atoms with Crippen molar-refractivity contribution in [2.75, 3.05) is 4.90 Å². The molecule has 4 rings (SSSR count). The zero-order valence-corrected chi connectivity index (χ0v) is 14.7. The van der Waals surface area contributed by atoms with Crippen molar-refractivity contribution in [3.8, 4) is 0 Å². The summed E-state index contributed by atoms with van der Waals surface area (Å²) in [5, 5.41) is 4.41. The molecule has 2 N–H and O–H groups in total. The van der Waals surface area contributed by atoms with Crippen molar-refractivity contribution in [2.45, 2.75) is 13.0 Å². The number of fused-ring (bicyclic) bond motifs is 2. The summed E-state index contributed by atoms with van der Waals surface area (Å²) in [7, 11) is 0. The van der Waals surface area contributed by atoms with Gasteiger partial charge in [0.25, 0.3) is 0 Å². The minimum absolute atomic E-state index is 0.383. The molecule has 0 fully saturated rings. The Morgan fingerprint density at radius 2 is 1.59 bits per heavy atom. The van der Waals surface area contributed by atoms with Crippen LogP contribution in [-0.4, -0.2) is 11.7 Å². The van der Waals surface area contributed by atoms with Crippen LogP contribution in [0, 0.1) is 0 Å². The maximum Gasteiger partial charge on any atom is 0.323 e. The number of nitrogens with zero attached hydrogens (tertiary/aromatic N) is 2. The highest BCUT2D eigenvalue weighted by atomic mass is 16.6. The first-order chi connectivity index (χ1) is 13.2. The topological polar surface area (TPSA) is 67.9 Å². The molecule has 1 heterocycles. The summed E-state index contributed by atoms with van der Waals surface area (Å²) in [6.45, 7) is 0.383. The van der Waals surface area contributed by atoms with Crippen LogP contribution >= 0.6 is 0 Å². The molecule has 0 saturated carbocycles. The van der Waals surface area contributed by atoms with Gasteiger partial charge in [0.1, 0.15) is 6.61 Å². The Bertz CT molecular complexity index is 999. The fraction of sp³-hybridized carbons (Fsp3) is 0.0909. The summed E-state index contributed by atoms with van der Waals surface area (Å²) in [6, 6.07) is 24.7. The van der Waals surface area contributed by atoms with Gasteiger partial charge in [-0.25, -0.2) is 4.79 Å². The normalized spacial score (nSPS) is 14.2. The van der Waals surface area contributed by atoms with E-state index >= 15 is 0 Å². The monoisotopic (exact) mass is 357 g/mol. The van der Waals surface area contributed by atoms with Crippen LogP contribution < -0.4 is 10.6 Å². The second kappa shape index (κ2) is 7.33. The Morgan fingerprint density at radius 3 is 2.37 bits per heavy atom. The fourth-order valence-electron chi connectivity index (χ4n) is 3.27. The molecule has 134 valence electrons. The Kier molecular flexibility index (Phi) is 4.58. The maximum atomic E-state index is 12.2. The van der Waals surface area contributed by atoms with Gasteiger partial charge < -0.3 is 10.6 Å². The number of oxime groups is 1. The zero-order valence-electron chi connectivity index (χ0n) is 14.7. The lowest BCUT2D eigenvalue weighted by Gasteiger charge is -2.22. The van der Waals surface area contributed by atoms with Gasteiger partial charge in [-0.15, -0.1) is 0 Å². The molecule has 0 aromatic heterocycles. The third-order valence-corrected chi connectivity index (χ3v) is 4.52. The predicted molar refractivity (Wildman–Crippen MR) is 106 cm³/mol. The van der Waals surface area contributed by atoms with Crippen molar-refractivity contribution in [2.24, 2.45) is 10.9 Å². The van der Waals surface area contributed by atoms with Crippen LogP contribution in [0.3, 0.4) is 0 Å². The minimum Gasteiger partial charge on any atom is -0.391 e. The molecular weight excluding hydrogens is 338 g/mol. The zero-order chi connectivity index (χ0) is 18.6. The van der Waals surface area contributed by atoms with Crippen LogP contribution in [0.1, 0.15) is 16.7 Å². The molecule has 27 heavy (non-hydrogen) atoms. The number of rotatable bonds is 3. The Labute approximate surface area is 157 Å². The van der Waals surface area contributed by atoms with E-state index in [1.165, 1.54) is 4.90 Å². The first-order valence-electron chi connectivity index (χ1n) is 8.73. The molecular formula is C22H19N3O2. The number of urea groups is 1. The van der Waals surface area contributed by atoms with Crippen molar-refractivity contribution < 1.29 is 9.63 Å². The second-order valence-corrected chi connectivity index (χ2v) is 6.29. The van der Waals surface area contributed by atoms with Crippen molar-refractivity contribution in [3.63, 3.8) is 0 Å². The molecule has 1 aliphatic rings. The number of primary amides is 1. The van der Waals surface area contributed by atoms with Crippen molar-refractivity contribution in [1.29, 1.82) is 0 Å². The van der Waals surface area contributed by atoms with E-state index in [-0.39, 0.29) is 0 Å². The SMILES string of the molecule is NC(=O)N1c2ccccc2C/C(=N\OCc2ccccc2)c2ccccc21. The quantitative estimate of drug-likeness (QED) is 0.707. The van der Waals surface area contributed by atoms with E-state index in [2.05, 4.69) is 5.16 Å². The predicted octanol–water partition coefficient (Wildman–Crippen LogP) is 4.38. The van der Waals surface area contributed by atoms with E-state index < -0.39 is 6.03 Å². The largest absolute Gasteiger partial charge is 0.391 e. The van der Waals surface area contributed by atoms with E-state index in [4.69, 9.17) is 10.6 Å². The van der Waals surface area contributed by atoms with E-state index in [0.29, 0.717) is 18.7 Å². The number of benzene rings is 3. The molecule has 0 unspecified atom stereocenters. The van der Waals surface area contributed by atoms with Crippen LogP contribution in [0.25, 0.3) is 0 Å². The number of amides is 2. The van der Waals surface area contributed by atoms with E-state index in [0.717, 1.165) is 28.1 Å². The number of nitrogens with two attached hydrogens (primary N) is 1. The van der Waals surface area contributed by atoms with Gasteiger partial charge in [-0.3, -0.25) is 4.90 Å². The summed E-state index contributed by atoms with van der Waals surface area (Å²) in [4.78, 5) is 19.4. The summed E-state index contributed by atoms with van der Waals surface area (Å²) >= 11 is 0. The van der Waals surface area contributed by atoms with Crippen LogP contribution in [-0.2, 0) is 17.9 Å². The minimum atomic E-state index is -0.527. The molecule has 0 saturated heterocycles. The van der Waals surface area contributed by atoms with Gasteiger partial charge in [0.2, 0.25) is 0 Å². The van der Waals surface area contributed by atoms with Crippen molar-refractivity contribution >= 4 is 23.1 Å². The average molecular weight is 357 g/mol. The lowest BCUT2D eigenvalue weighted by atomic mass is 10.0. The highest BCUT2D eigenvalue weighted by Gasteiger charge is 2.27. The molecule has 0 radical (unpaired) electrons. The molecule has 3 aromatic rings. The Hall–Kier alpha value is -3.60. The molecule has 3 aromatic carbocycles. The van der Waals surface area contributed by atoms with E-state index in [1.54, 1.807) is 0 Å². The van der Waals surface area contributed by atoms with Crippen molar-refractivity contribution in [3.05, 3.63) is 95.6 Å². The number of para-hydroxylation sites is 2. The Balaban J connectivity index is 1.75. The number of hydrogen-bond donors (Lipinski definition) is 1. The molecule has 0 spiro atoms. The maximum absolute atomic E-state index is 12.2. The van der Waals surface area contributed by atoms with Gasteiger partial charge in [-0.2, -0.15) is 0 Å². The molecule has 0 aliphatic carbocycles. The van der Waals surface area contributed by atoms with Crippen LogP contribution in [0.15, 0.2) is 84.0 Å². The molecule has 1 aliphatic heterocycles. The van der Waals surface area contributed by atoms with Gasteiger partial charge in [0, 0.05) is 12.0 Å². The lowest BCUT2D eigenvalue weighted by molar-refractivity contribution is 0.130. The number of hydrogen-bond acceptors (Lipinski definition) is 3. The number of anilines is 2. The van der Waals surface area contributed by atoms with E-state index in [1.807, 2.05) is 78.9 Å². The highest BCUT2D eigenvalue weighted by Crippen LogP contribution is 2.36. The molecule has 5 heteroatoms. The molecule has 5 nitrogen and oxygen atoms in total. The summed E-state index contributed by atoms with van der Waals surface area (Å²) in [5.41, 5.74) is 10.8. The molecule has 2 amide bonds. The average Bonchev–Trinajstić information content (AvgIpc) is 2.83.